The zero-order valence-corrected chi connectivity index (χ0v) is 23.2. The van der Waals surface area contributed by atoms with Crippen molar-refractivity contribution in [2.45, 2.75) is 43.9 Å². The molecular formula is C28H30Cl2F6N2O2. The average molecular weight is 611 g/mol. The summed E-state index contributed by atoms with van der Waals surface area (Å²) in [5.41, 5.74) is 3.56. The van der Waals surface area contributed by atoms with Crippen LogP contribution in [-0.2, 0) is 12.4 Å². The zero-order valence-electron chi connectivity index (χ0n) is 21.7. The fraction of sp³-hybridized carbons (Fsp3) is 0.429. The number of nitrogens with zero attached hydrogens (tertiary/aromatic N) is 1. The number of aliphatic hydroxyl groups excluding tert-OH is 1. The van der Waals surface area contributed by atoms with Gasteiger partial charge in [0, 0.05) is 18.5 Å². The van der Waals surface area contributed by atoms with Crippen LogP contribution in [0.1, 0.15) is 36.0 Å². The van der Waals surface area contributed by atoms with Gasteiger partial charge in [-0.25, -0.2) is 0 Å². The van der Waals surface area contributed by atoms with E-state index in [1.807, 2.05) is 36.3 Å². The summed E-state index contributed by atoms with van der Waals surface area (Å²) >= 11 is 12.2. The van der Waals surface area contributed by atoms with Gasteiger partial charge in [0.2, 0.25) is 6.29 Å². The lowest BCUT2D eigenvalue weighted by molar-refractivity contribution is -0.143. The van der Waals surface area contributed by atoms with Gasteiger partial charge in [-0.1, -0.05) is 60.5 Å². The lowest BCUT2D eigenvalue weighted by Gasteiger charge is -2.31. The molecule has 0 aromatic heterocycles. The lowest BCUT2D eigenvalue weighted by atomic mass is 9.84. The molecule has 220 valence electrons. The first-order valence-electron chi connectivity index (χ1n) is 12.4. The van der Waals surface area contributed by atoms with Crippen molar-refractivity contribution in [3.63, 3.8) is 0 Å². The SMILES string of the molecule is CC(CN(C)CCC(c1ccc(Cl)c(Cl)c1)C(O)Oc1cc(C(F)(F)F)cc(C(F)(F)F)c1)C1C=CC=CC1N. The lowest BCUT2D eigenvalue weighted by Crippen LogP contribution is -2.38. The molecule has 3 rings (SSSR count). The molecule has 40 heavy (non-hydrogen) atoms. The van der Waals surface area contributed by atoms with Gasteiger partial charge in [-0.05, 0) is 67.7 Å². The standard InChI is InChI=1S/C28H30Cl2F6N2O2/c1-16(21-5-3-4-6-25(21)37)15-38(2)10-9-22(17-7-8-23(29)24(30)11-17)26(39)40-20-13-18(27(31,32)33)12-19(14-20)28(34,35)36/h3-8,11-14,16,21-22,25-26,39H,9-10,15,37H2,1-2H3. The summed E-state index contributed by atoms with van der Waals surface area (Å²) in [4.78, 5) is 2.01. The Kier molecular flexibility index (Phi) is 10.6. The maximum Gasteiger partial charge on any atom is 0.416 e. The van der Waals surface area contributed by atoms with Crippen LogP contribution in [0.25, 0.3) is 0 Å². The molecule has 0 heterocycles. The number of nitrogens with two attached hydrogens (primary N) is 1. The summed E-state index contributed by atoms with van der Waals surface area (Å²) < 4.78 is 85.2. The Morgan fingerprint density at radius 3 is 2.10 bits per heavy atom. The molecule has 0 amide bonds. The second kappa shape index (κ2) is 13.2. The predicted molar refractivity (Wildman–Crippen MR) is 143 cm³/mol. The number of allylic oxidation sites excluding steroid dienone is 2. The normalized spacial score (nSPS) is 20.0. The molecule has 0 bridgehead atoms. The van der Waals surface area contributed by atoms with Crippen molar-refractivity contribution < 1.29 is 36.2 Å². The molecule has 2 aromatic rings. The third-order valence-corrected chi connectivity index (χ3v) is 7.57. The van der Waals surface area contributed by atoms with Crippen molar-refractivity contribution in [2.75, 3.05) is 20.1 Å². The van der Waals surface area contributed by atoms with Crippen molar-refractivity contribution in [3.8, 4) is 5.75 Å². The van der Waals surface area contributed by atoms with E-state index in [-0.39, 0.29) is 40.4 Å². The highest BCUT2D eigenvalue weighted by Crippen LogP contribution is 2.39. The maximum absolute atomic E-state index is 13.3. The highest BCUT2D eigenvalue weighted by molar-refractivity contribution is 6.42. The van der Waals surface area contributed by atoms with Gasteiger partial charge in [0.25, 0.3) is 0 Å². The van der Waals surface area contributed by atoms with Crippen LogP contribution in [0, 0.1) is 11.8 Å². The number of halogens is 8. The van der Waals surface area contributed by atoms with Crippen LogP contribution in [0.15, 0.2) is 60.7 Å². The Morgan fingerprint density at radius 2 is 1.55 bits per heavy atom. The van der Waals surface area contributed by atoms with Gasteiger partial charge >= 0.3 is 12.4 Å². The summed E-state index contributed by atoms with van der Waals surface area (Å²) in [6, 6.07) is 5.26. The van der Waals surface area contributed by atoms with Crippen molar-refractivity contribution in [2.24, 2.45) is 17.6 Å². The minimum Gasteiger partial charge on any atom is -0.464 e. The van der Waals surface area contributed by atoms with E-state index >= 15 is 0 Å². The summed E-state index contributed by atoms with van der Waals surface area (Å²) in [6.07, 6.45) is -3.87. The molecule has 0 saturated carbocycles. The van der Waals surface area contributed by atoms with Gasteiger partial charge in [-0.15, -0.1) is 0 Å². The van der Waals surface area contributed by atoms with E-state index in [1.165, 1.54) is 12.1 Å². The fourth-order valence-corrected chi connectivity index (χ4v) is 5.01. The number of aliphatic hydroxyl groups is 1. The largest absolute Gasteiger partial charge is 0.464 e. The van der Waals surface area contributed by atoms with Gasteiger partial charge < -0.3 is 20.5 Å². The highest BCUT2D eigenvalue weighted by atomic mass is 35.5. The number of rotatable bonds is 10. The van der Waals surface area contributed by atoms with Crippen molar-refractivity contribution in [1.82, 2.24) is 4.90 Å². The van der Waals surface area contributed by atoms with Crippen LogP contribution in [0.4, 0.5) is 26.3 Å². The van der Waals surface area contributed by atoms with Gasteiger partial charge in [0.05, 0.1) is 21.2 Å². The van der Waals surface area contributed by atoms with Crippen molar-refractivity contribution in [3.05, 3.63) is 87.4 Å². The van der Waals surface area contributed by atoms with Crippen LogP contribution in [0.5, 0.6) is 5.75 Å². The van der Waals surface area contributed by atoms with E-state index in [1.54, 1.807) is 6.07 Å². The van der Waals surface area contributed by atoms with Crippen LogP contribution in [0.3, 0.4) is 0 Å². The first kappa shape index (κ1) is 32.3. The second-order valence-corrected chi connectivity index (χ2v) is 10.8. The molecule has 5 atom stereocenters. The van der Waals surface area contributed by atoms with Crippen molar-refractivity contribution >= 4 is 23.2 Å². The molecule has 3 N–H and O–H groups in total. The van der Waals surface area contributed by atoms with E-state index in [9.17, 15) is 31.4 Å². The molecule has 5 unspecified atom stereocenters. The van der Waals surface area contributed by atoms with E-state index in [0.717, 1.165) is 0 Å². The second-order valence-electron chi connectivity index (χ2n) is 9.98. The summed E-state index contributed by atoms with van der Waals surface area (Å²) in [5, 5.41) is 11.4. The van der Waals surface area contributed by atoms with E-state index in [4.69, 9.17) is 33.7 Å². The number of ether oxygens (including phenoxy) is 1. The molecule has 1 aliphatic carbocycles. The summed E-state index contributed by atoms with van der Waals surface area (Å²) in [6.45, 7) is 3.11. The zero-order chi connectivity index (χ0) is 29.8. The fourth-order valence-electron chi connectivity index (χ4n) is 4.71. The quantitative estimate of drug-likeness (QED) is 0.215. The molecule has 0 aliphatic heterocycles. The third kappa shape index (κ3) is 8.63. The first-order chi connectivity index (χ1) is 18.6. The minimum atomic E-state index is -5.06. The van der Waals surface area contributed by atoms with Crippen LogP contribution < -0.4 is 10.5 Å². The van der Waals surface area contributed by atoms with Gasteiger partial charge in [-0.3, -0.25) is 0 Å². The van der Waals surface area contributed by atoms with E-state index in [2.05, 4.69) is 6.92 Å². The number of hydrogen-bond acceptors (Lipinski definition) is 4. The van der Waals surface area contributed by atoms with Crippen LogP contribution >= 0.6 is 23.2 Å². The monoisotopic (exact) mass is 610 g/mol. The highest BCUT2D eigenvalue weighted by Gasteiger charge is 2.38. The Labute approximate surface area is 239 Å². The number of hydrogen-bond donors (Lipinski definition) is 2. The molecule has 4 nitrogen and oxygen atoms in total. The Morgan fingerprint density at radius 1 is 0.950 bits per heavy atom. The Bertz CT molecular complexity index is 1190. The minimum absolute atomic E-state index is 0.00495. The van der Waals surface area contributed by atoms with Gasteiger partial charge in [0.1, 0.15) is 5.75 Å². The first-order valence-corrected chi connectivity index (χ1v) is 13.2. The van der Waals surface area contributed by atoms with Crippen LogP contribution in [0.2, 0.25) is 10.0 Å². The van der Waals surface area contributed by atoms with Crippen LogP contribution in [-0.4, -0.2) is 42.5 Å². The molecular weight excluding hydrogens is 581 g/mol. The summed E-state index contributed by atoms with van der Waals surface area (Å²) in [5.74, 6) is -1.34. The molecule has 0 fully saturated rings. The Hall–Kier alpha value is -2.24. The molecule has 12 heteroatoms. The number of benzene rings is 2. The smallest absolute Gasteiger partial charge is 0.416 e. The van der Waals surface area contributed by atoms with E-state index in [0.29, 0.717) is 30.8 Å². The topological polar surface area (TPSA) is 58.7 Å². The van der Waals surface area contributed by atoms with Crippen molar-refractivity contribution in [1.29, 1.82) is 0 Å². The molecule has 2 aromatic carbocycles. The molecule has 0 saturated heterocycles. The van der Waals surface area contributed by atoms with Gasteiger partial charge in [-0.2, -0.15) is 26.3 Å². The van der Waals surface area contributed by atoms with Gasteiger partial charge in [0.15, 0.2) is 0 Å². The number of alkyl halides is 6. The summed E-state index contributed by atoms with van der Waals surface area (Å²) in [7, 11) is 1.87. The third-order valence-electron chi connectivity index (χ3n) is 6.83. The molecule has 0 radical (unpaired) electrons. The maximum atomic E-state index is 13.3. The molecule has 0 spiro atoms. The Balaban J connectivity index is 1.82. The van der Waals surface area contributed by atoms with E-state index < -0.39 is 41.4 Å². The predicted octanol–water partition coefficient (Wildman–Crippen LogP) is 7.54. The molecule has 1 aliphatic rings. The average Bonchev–Trinajstić information content (AvgIpc) is 2.85.